The minimum absolute atomic E-state index is 0.170. The third-order valence-corrected chi connectivity index (χ3v) is 5.29. The number of hydrogen-bond donors (Lipinski definition) is 5. The first-order chi connectivity index (χ1) is 15.6. The van der Waals surface area contributed by atoms with E-state index in [1.807, 2.05) is 5.32 Å². The fourth-order valence-corrected chi connectivity index (χ4v) is 3.70. The maximum atomic E-state index is 14.5. The Hall–Kier alpha value is -3.96. The van der Waals surface area contributed by atoms with Crippen molar-refractivity contribution in [3.05, 3.63) is 51.3 Å². The second-order valence-electron chi connectivity index (χ2n) is 7.52. The second-order valence-corrected chi connectivity index (χ2v) is 7.52. The molecule has 2 aromatic rings. The van der Waals surface area contributed by atoms with Gasteiger partial charge in [0.05, 0.1) is 5.69 Å². The zero-order valence-electron chi connectivity index (χ0n) is 17.2. The molecule has 5 N–H and O–H groups in total. The summed E-state index contributed by atoms with van der Waals surface area (Å²) < 4.78 is 28.4. The maximum Gasteiger partial charge on any atom is 0.322 e. The van der Waals surface area contributed by atoms with Crippen LogP contribution in [0.1, 0.15) is 52.8 Å². The van der Waals surface area contributed by atoms with Gasteiger partial charge in [-0.25, -0.2) is 13.3 Å². The van der Waals surface area contributed by atoms with Gasteiger partial charge in [-0.3, -0.25) is 19.2 Å². The molecule has 1 aromatic carbocycles. The van der Waals surface area contributed by atoms with Gasteiger partial charge in [0.25, 0.3) is 17.4 Å². The summed E-state index contributed by atoms with van der Waals surface area (Å²) in [6, 6.07) is 2.37. The molecule has 0 saturated heterocycles. The maximum absolute atomic E-state index is 14.5. The van der Waals surface area contributed by atoms with E-state index in [4.69, 9.17) is 5.11 Å². The van der Waals surface area contributed by atoms with E-state index in [9.17, 15) is 38.2 Å². The Morgan fingerprint density at radius 3 is 2.33 bits per heavy atom. The highest BCUT2D eigenvalue weighted by molar-refractivity contribution is 6.05. The molecular formula is C21H21F2N3O7. The van der Waals surface area contributed by atoms with E-state index in [2.05, 4.69) is 5.32 Å². The van der Waals surface area contributed by atoms with Gasteiger partial charge in [-0.15, -0.1) is 0 Å². The average molecular weight is 465 g/mol. The van der Waals surface area contributed by atoms with Crippen molar-refractivity contribution in [3.63, 3.8) is 0 Å². The molecule has 10 nitrogen and oxygen atoms in total. The third-order valence-electron chi connectivity index (χ3n) is 5.29. The van der Waals surface area contributed by atoms with Gasteiger partial charge in [-0.2, -0.15) is 0 Å². The van der Waals surface area contributed by atoms with Crippen LogP contribution in [0.15, 0.2) is 23.0 Å². The van der Waals surface area contributed by atoms with Crippen LogP contribution in [0.5, 0.6) is 11.6 Å². The number of carbonyl (C=O) groups excluding carboxylic acids is 2. The summed E-state index contributed by atoms with van der Waals surface area (Å²) in [6.45, 7) is -0.922. The number of hydrogen-bond acceptors (Lipinski definition) is 6. The van der Waals surface area contributed by atoms with Gasteiger partial charge in [0, 0.05) is 6.04 Å². The Kier molecular flexibility index (Phi) is 6.95. The van der Waals surface area contributed by atoms with Crippen molar-refractivity contribution >= 4 is 17.8 Å². The molecule has 0 spiro atoms. The molecule has 0 aliphatic heterocycles. The average Bonchev–Trinajstić information content (AvgIpc) is 2.75. The molecule has 1 aliphatic carbocycles. The van der Waals surface area contributed by atoms with Crippen molar-refractivity contribution in [2.75, 3.05) is 6.54 Å². The highest BCUT2D eigenvalue weighted by atomic mass is 19.2. The summed E-state index contributed by atoms with van der Waals surface area (Å²) in [7, 11) is 0. The van der Waals surface area contributed by atoms with Crippen LogP contribution in [0.4, 0.5) is 8.78 Å². The van der Waals surface area contributed by atoms with Gasteiger partial charge in [0.1, 0.15) is 17.7 Å². The number of amides is 2. The molecule has 0 atom stereocenters. The van der Waals surface area contributed by atoms with Crippen molar-refractivity contribution in [2.24, 2.45) is 0 Å². The van der Waals surface area contributed by atoms with Crippen molar-refractivity contribution in [3.8, 4) is 17.3 Å². The Labute approximate surface area is 185 Å². The summed E-state index contributed by atoms with van der Waals surface area (Å²) in [5, 5.41) is 34.3. The number of halogens is 2. The first kappa shape index (κ1) is 23.7. The Morgan fingerprint density at radius 1 is 1.03 bits per heavy atom. The molecule has 0 unspecified atom stereocenters. The number of benzene rings is 1. The van der Waals surface area contributed by atoms with Gasteiger partial charge in [0.2, 0.25) is 5.88 Å². The summed E-state index contributed by atoms with van der Waals surface area (Å²) in [6.07, 6.45) is 3.85. The van der Waals surface area contributed by atoms with Crippen LogP contribution >= 0.6 is 0 Å². The van der Waals surface area contributed by atoms with Crippen LogP contribution in [-0.2, 0) is 4.79 Å². The zero-order valence-corrected chi connectivity index (χ0v) is 17.2. The fraction of sp³-hybridized carbons (Fsp3) is 0.333. The Morgan fingerprint density at radius 2 is 1.70 bits per heavy atom. The minimum atomic E-state index is -1.56. The number of nitrogens with one attached hydrogen (secondary N) is 2. The topological polar surface area (TPSA) is 158 Å². The van der Waals surface area contributed by atoms with Crippen LogP contribution in [0, 0.1) is 11.6 Å². The molecule has 1 fully saturated rings. The smallest absolute Gasteiger partial charge is 0.322 e. The largest absolute Gasteiger partial charge is 0.506 e. The fourth-order valence-electron chi connectivity index (χ4n) is 3.70. The molecule has 1 aliphatic rings. The van der Waals surface area contributed by atoms with Crippen LogP contribution < -0.4 is 16.2 Å². The summed E-state index contributed by atoms with van der Waals surface area (Å²) in [4.78, 5) is 49.2. The summed E-state index contributed by atoms with van der Waals surface area (Å²) in [5.41, 5.74) is -4.26. The molecule has 2 amide bonds. The number of aromatic hydroxyl groups is 2. The van der Waals surface area contributed by atoms with Crippen molar-refractivity contribution in [1.29, 1.82) is 0 Å². The normalized spacial score (nSPS) is 14.0. The van der Waals surface area contributed by atoms with E-state index in [1.54, 1.807) is 0 Å². The summed E-state index contributed by atoms with van der Waals surface area (Å²) >= 11 is 0. The van der Waals surface area contributed by atoms with Crippen molar-refractivity contribution in [2.45, 2.75) is 38.1 Å². The predicted molar refractivity (Wildman–Crippen MR) is 110 cm³/mol. The molecule has 176 valence electrons. The number of aromatic nitrogens is 1. The van der Waals surface area contributed by atoms with E-state index >= 15 is 0 Å². The number of rotatable bonds is 6. The third kappa shape index (κ3) is 4.78. The van der Waals surface area contributed by atoms with E-state index in [-0.39, 0.29) is 10.6 Å². The Balaban J connectivity index is 2.21. The van der Waals surface area contributed by atoms with Crippen molar-refractivity contribution in [1.82, 2.24) is 15.2 Å². The van der Waals surface area contributed by atoms with E-state index < -0.39 is 70.0 Å². The van der Waals surface area contributed by atoms with Gasteiger partial charge in [0.15, 0.2) is 17.4 Å². The molecule has 0 bridgehead atoms. The molecule has 1 aromatic heterocycles. The lowest BCUT2D eigenvalue weighted by molar-refractivity contribution is -0.135. The number of carboxylic acid groups (broad SMARTS) is 1. The molecule has 0 radical (unpaired) electrons. The molecular weight excluding hydrogens is 444 g/mol. The summed E-state index contributed by atoms with van der Waals surface area (Å²) in [5.74, 6) is -9.36. The number of nitrogens with zero attached hydrogens (tertiary/aromatic N) is 1. The number of pyridine rings is 1. The van der Waals surface area contributed by atoms with Crippen LogP contribution in [0.3, 0.4) is 0 Å². The van der Waals surface area contributed by atoms with E-state index in [0.29, 0.717) is 12.8 Å². The first-order valence-corrected chi connectivity index (χ1v) is 10.1. The number of carboxylic acids is 1. The molecule has 33 heavy (non-hydrogen) atoms. The highest BCUT2D eigenvalue weighted by Crippen LogP contribution is 2.31. The van der Waals surface area contributed by atoms with E-state index in [1.165, 1.54) is 0 Å². The van der Waals surface area contributed by atoms with Gasteiger partial charge >= 0.3 is 5.97 Å². The van der Waals surface area contributed by atoms with Crippen LogP contribution in [0.2, 0.25) is 0 Å². The number of aliphatic carboxylic acids is 1. The molecule has 1 saturated carbocycles. The minimum Gasteiger partial charge on any atom is -0.506 e. The zero-order chi connectivity index (χ0) is 24.3. The second kappa shape index (κ2) is 9.67. The highest BCUT2D eigenvalue weighted by Gasteiger charge is 2.32. The van der Waals surface area contributed by atoms with E-state index in [0.717, 1.165) is 37.5 Å². The Bertz CT molecular complexity index is 1170. The lowest BCUT2D eigenvalue weighted by Gasteiger charge is -2.23. The quantitative estimate of drug-likeness (QED) is 0.431. The van der Waals surface area contributed by atoms with Crippen molar-refractivity contribution < 1.29 is 38.5 Å². The van der Waals surface area contributed by atoms with Crippen LogP contribution in [0.25, 0.3) is 5.69 Å². The van der Waals surface area contributed by atoms with Gasteiger partial charge < -0.3 is 26.0 Å². The SMILES string of the molecule is O=C(O)CNC(=O)c1c(O)c(C(=O)NC2CCCCC2)c(=O)n(-c2cccc(F)c2F)c1O. The standard InChI is InChI=1S/C21H21F2N3O7/c22-11-7-4-8-12(16(11)23)26-20(32)14(18(30)24-9-13(27)28)17(29)15(21(26)33)19(31)25-10-5-2-1-3-6-10/h4,7-8,10,29,32H,1-3,5-6,9H2,(H,24,30)(H,25,31)(H,27,28). The monoisotopic (exact) mass is 465 g/mol. The first-order valence-electron chi connectivity index (χ1n) is 10.1. The van der Waals surface area contributed by atoms with Crippen LogP contribution in [-0.4, -0.2) is 50.3 Å². The molecule has 12 heteroatoms. The lowest BCUT2D eigenvalue weighted by atomic mass is 9.95. The van der Waals surface area contributed by atoms with Gasteiger partial charge in [-0.05, 0) is 25.0 Å². The molecule has 1 heterocycles. The lowest BCUT2D eigenvalue weighted by Crippen LogP contribution is -2.40. The number of carbonyl (C=O) groups is 3. The molecule has 3 rings (SSSR count). The predicted octanol–water partition coefficient (Wildman–Crippen LogP) is 1.40. The van der Waals surface area contributed by atoms with Gasteiger partial charge in [-0.1, -0.05) is 25.3 Å².